The third-order valence-corrected chi connectivity index (χ3v) is 10.8. The average Bonchev–Trinajstić information content (AvgIpc) is 2.76. The second kappa shape index (κ2) is 9.17. The lowest BCUT2D eigenvalue weighted by molar-refractivity contribution is 1.38. The Hall–Kier alpha value is -2.11. The van der Waals surface area contributed by atoms with Gasteiger partial charge in [-0.3, -0.25) is 0 Å². The third kappa shape index (κ3) is 4.58. The summed E-state index contributed by atoms with van der Waals surface area (Å²) in [5.74, 6) is 0. The fourth-order valence-corrected chi connectivity index (χ4v) is 8.80. The van der Waals surface area contributed by atoms with Gasteiger partial charge in [0.05, 0.1) is 6.16 Å². The first-order valence-corrected chi connectivity index (χ1v) is 13.2. The van der Waals surface area contributed by atoms with E-state index in [2.05, 4.69) is 99.6 Å². The van der Waals surface area contributed by atoms with Crippen molar-refractivity contribution in [3.8, 4) is 0 Å². The second-order valence-electron chi connectivity index (χ2n) is 8.21. The first-order chi connectivity index (χ1) is 14.9. The summed E-state index contributed by atoms with van der Waals surface area (Å²) in [4.78, 5) is 0. The molecule has 0 atom stereocenters. The van der Waals surface area contributed by atoms with Gasteiger partial charge in [0.1, 0.15) is 23.2 Å². The van der Waals surface area contributed by atoms with Gasteiger partial charge in [0.2, 0.25) is 0 Å². The van der Waals surface area contributed by atoms with Gasteiger partial charge in [-0.2, -0.15) is 0 Å². The lowest BCUT2D eigenvalue weighted by atomic mass is 10.2. The molecule has 0 heterocycles. The molecular weight excluding hydrogens is 438 g/mol. The van der Waals surface area contributed by atoms with Crippen LogP contribution in [0, 0.1) is 20.8 Å². The Kier molecular flexibility index (Phi) is 6.54. The highest BCUT2D eigenvalue weighted by Crippen LogP contribution is 2.59. The summed E-state index contributed by atoms with van der Waals surface area (Å²) in [7, 11) is -2.00. The van der Waals surface area contributed by atoms with E-state index < -0.39 is 7.26 Å². The highest BCUT2D eigenvalue weighted by molar-refractivity contribution is 7.95. The van der Waals surface area contributed by atoms with E-state index in [4.69, 9.17) is 23.2 Å². The van der Waals surface area contributed by atoms with Gasteiger partial charge in [-0.05, 0) is 69.3 Å². The molecule has 0 N–H and O–H groups in total. The van der Waals surface area contributed by atoms with E-state index >= 15 is 0 Å². The molecule has 0 saturated heterocycles. The van der Waals surface area contributed by atoms with Crippen molar-refractivity contribution in [1.29, 1.82) is 0 Å². The molecule has 31 heavy (non-hydrogen) atoms. The molecule has 4 rings (SSSR count). The van der Waals surface area contributed by atoms with Crippen LogP contribution in [0.3, 0.4) is 0 Å². The molecule has 0 unspecified atom stereocenters. The van der Waals surface area contributed by atoms with E-state index in [0.717, 1.165) is 16.7 Å². The van der Waals surface area contributed by atoms with Gasteiger partial charge < -0.3 is 0 Å². The van der Waals surface area contributed by atoms with Crippen LogP contribution in [0.4, 0.5) is 0 Å². The molecule has 0 spiro atoms. The highest BCUT2D eigenvalue weighted by atomic mass is 35.5. The van der Waals surface area contributed by atoms with Crippen molar-refractivity contribution in [2.24, 2.45) is 0 Å². The van der Waals surface area contributed by atoms with Gasteiger partial charge in [0, 0.05) is 15.6 Å². The Balaban J connectivity index is 2.03. The maximum Gasteiger partial charge on any atom is 0.116 e. The van der Waals surface area contributed by atoms with Crippen LogP contribution in [0.1, 0.15) is 22.3 Å². The van der Waals surface area contributed by atoms with E-state index in [1.807, 2.05) is 12.1 Å². The first kappa shape index (κ1) is 22.1. The van der Waals surface area contributed by atoms with Crippen LogP contribution in [0.15, 0.2) is 91.0 Å². The molecule has 4 aromatic rings. The van der Waals surface area contributed by atoms with E-state index in [-0.39, 0.29) is 0 Å². The zero-order chi connectivity index (χ0) is 22.0. The Morgan fingerprint density at radius 2 is 0.935 bits per heavy atom. The molecule has 0 amide bonds. The van der Waals surface area contributed by atoms with Crippen molar-refractivity contribution in [3.63, 3.8) is 0 Å². The van der Waals surface area contributed by atoms with E-state index in [9.17, 15) is 0 Å². The minimum absolute atomic E-state index is 0.665. The fraction of sp³-hybridized carbons (Fsp3) is 0.143. The standard InChI is InChI=1S/C28H26Cl2P/c1-20-4-12-25(13-5-20)31(26-14-6-21(2)7-15-26,27-16-8-22(3)9-17-27)19-23-10-11-24(29)18-28(23)30/h4-18H,19H2,1-3H3/q+1. The lowest BCUT2D eigenvalue weighted by Gasteiger charge is -2.28. The predicted octanol–water partition coefficient (Wildman–Crippen LogP) is 7.41. The zero-order valence-electron chi connectivity index (χ0n) is 18.1. The van der Waals surface area contributed by atoms with E-state index in [1.165, 1.54) is 32.6 Å². The quantitative estimate of drug-likeness (QED) is 0.270. The average molecular weight is 464 g/mol. The molecule has 0 nitrogen and oxygen atoms in total. The molecule has 0 aliphatic carbocycles. The minimum Gasteiger partial charge on any atom is -0.0843 e. The number of aryl methyl sites for hydroxylation is 3. The summed E-state index contributed by atoms with van der Waals surface area (Å²) in [6.07, 6.45) is 0.845. The van der Waals surface area contributed by atoms with Crippen LogP contribution in [0.25, 0.3) is 0 Å². The third-order valence-electron chi connectivity index (χ3n) is 5.85. The summed E-state index contributed by atoms with van der Waals surface area (Å²) in [5, 5.41) is 5.47. The molecule has 4 aromatic carbocycles. The Bertz CT molecular complexity index is 1070. The summed E-state index contributed by atoms with van der Waals surface area (Å²) in [6.45, 7) is 6.41. The van der Waals surface area contributed by atoms with Crippen molar-refractivity contribution in [2.45, 2.75) is 26.9 Å². The topological polar surface area (TPSA) is 0 Å². The summed E-state index contributed by atoms with van der Waals surface area (Å²) in [6, 6.07) is 33.0. The molecular formula is C28H26Cl2P+. The maximum absolute atomic E-state index is 6.71. The molecule has 0 saturated carbocycles. The van der Waals surface area contributed by atoms with Gasteiger partial charge in [-0.15, -0.1) is 0 Å². The summed E-state index contributed by atoms with van der Waals surface area (Å²) >= 11 is 12.9. The van der Waals surface area contributed by atoms with Gasteiger partial charge in [-0.1, -0.05) is 82.4 Å². The predicted molar refractivity (Wildman–Crippen MR) is 140 cm³/mol. The van der Waals surface area contributed by atoms with Gasteiger partial charge in [-0.25, -0.2) is 0 Å². The van der Waals surface area contributed by atoms with Crippen LogP contribution in [0.2, 0.25) is 10.0 Å². The molecule has 3 heteroatoms. The van der Waals surface area contributed by atoms with Crippen LogP contribution < -0.4 is 15.9 Å². The van der Waals surface area contributed by atoms with Crippen LogP contribution in [-0.2, 0) is 6.16 Å². The van der Waals surface area contributed by atoms with Crippen LogP contribution in [0.5, 0.6) is 0 Å². The molecule has 0 bridgehead atoms. The molecule has 0 fully saturated rings. The van der Waals surface area contributed by atoms with Crippen LogP contribution in [-0.4, -0.2) is 0 Å². The van der Waals surface area contributed by atoms with Crippen LogP contribution >= 0.6 is 30.5 Å². The van der Waals surface area contributed by atoms with Gasteiger partial charge in [0.25, 0.3) is 0 Å². The number of benzene rings is 4. The number of hydrogen-bond acceptors (Lipinski definition) is 0. The number of hydrogen-bond donors (Lipinski definition) is 0. The van der Waals surface area contributed by atoms with E-state index in [0.29, 0.717) is 5.02 Å². The number of rotatable bonds is 5. The molecule has 156 valence electrons. The SMILES string of the molecule is Cc1ccc([P+](Cc2ccc(Cl)cc2Cl)(c2ccc(C)cc2)c2ccc(C)cc2)cc1. The molecule has 0 aromatic heterocycles. The largest absolute Gasteiger partial charge is 0.116 e. The van der Waals surface area contributed by atoms with Gasteiger partial charge >= 0.3 is 0 Å². The maximum atomic E-state index is 6.71. The molecule has 0 radical (unpaired) electrons. The van der Waals surface area contributed by atoms with E-state index in [1.54, 1.807) is 0 Å². The summed E-state index contributed by atoms with van der Waals surface area (Å²) < 4.78 is 0. The fourth-order valence-electron chi connectivity index (χ4n) is 4.02. The lowest BCUT2D eigenvalue weighted by Crippen LogP contribution is -2.32. The normalized spacial score (nSPS) is 11.5. The monoisotopic (exact) mass is 463 g/mol. The minimum atomic E-state index is -2.00. The second-order valence-corrected chi connectivity index (χ2v) is 12.5. The van der Waals surface area contributed by atoms with Crippen molar-refractivity contribution in [3.05, 3.63) is 123 Å². The zero-order valence-corrected chi connectivity index (χ0v) is 20.5. The smallest absolute Gasteiger partial charge is 0.0843 e. The summed E-state index contributed by atoms with van der Waals surface area (Å²) in [5.41, 5.74) is 4.92. The highest BCUT2D eigenvalue weighted by Gasteiger charge is 2.45. The Morgan fingerprint density at radius 1 is 0.548 bits per heavy atom. The number of halogens is 2. The Labute approximate surface area is 196 Å². The Morgan fingerprint density at radius 3 is 1.29 bits per heavy atom. The first-order valence-electron chi connectivity index (χ1n) is 10.4. The van der Waals surface area contributed by atoms with Crippen molar-refractivity contribution in [1.82, 2.24) is 0 Å². The molecule has 0 aliphatic rings. The van der Waals surface area contributed by atoms with Crippen molar-refractivity contribution >= 4 is 46.4 Å². The molecule has 0 aliphatic heterocycles. The van der Waals surface area contributed by atoms with Crippen molar-refractivity contribution < 1.29 is 0 Å². The van der Waals surface area contributed by atoms with Gasteiger partial charge in [0.15, 0.2) is 0 Å². The van der Waals surface area contributed by atoms with Crippen molar-refractivity contribution in [2.75, 3.05) is 0 Å².